The summed E-state index contributed by atoms with van der Waals surface area (Å²) in [4.78, 5) is 13.8. The third kappa shape index (κ3) is 3.36. The molecule has 7 heteroatoms. The van der Waals surface area contributed by atoms with E-state index in [4.69, 9.17) is 10.7 Å². The van der Waals surface area contributed by atoms with Gasteiger partial charge in [0.25, 0.3) is 0 Å². The first-order valence-electron chi connectivity index (χ1n) is 10.3. The third-order valence-electron chi connectivity index (χ3n) is 5.89. The topological polar surface area (TPSA) is 103 Å². The monoisotopic (exact) mass is 400 g/mol. The molecule has 5 rings (SSSR count). The summed E-state index contributed by atoms with van der Waals surface area (Å²) in [6, 6.07) is 12.0. The van der Waals surface area contributed by atoms with Crippen molar-refractivity contribution in [1.82, 2.24) is 24.7 Å². The lowest BCUT2D eigenvalue weighted by Crippen LogP contribution is -2.36. The van der Waals surface area contributed by atoms with E-state index in [0.29, 0.717) is 5.82 Å². The van der Waals surface area contributed by atoms with Crippen molar-refractivity contribution in [3.8, 4) is 17.1 Å². The van der Waals surface area contributed by atoms with Crippen molar-refractivity contribution in [3.63, 3.8) is 0 Å². The third-order valence-corrected chi connectivity index (χ3v) is 5.89. The minimum absolute atomic E-state index is 0.158. The summed E-state index contributed by atoms with van der Waals surface area (Å²) in [5.74, 6) is 0.991. The molecule has 3 heterocycles. The van der Waals surface area contributed by atoms with E-state index in [-0.39, 0.29) is 18.1 Å². The second-order valence-electron chi connectivity index (χ2n) is 7.91. The van der Waals surface area contributed by atoms with E-state index in [1.165, 1.54) is 0 Å². The van der Waals surface area contributed by atoms with Crippen LogP contribution in [-0.4, -0.2) is 35.9 Å². The summed E-state index contributed by atoms with van der Waals surface area (Å²) in [7, 11) is 0. The summed E-state index contributed by atoms with van der Waals surface area (Å²) in [6.45, 7) is 2.06. The maximum absolute atomic E-state index is 9.59. The van der Waals surface area contributed by atoms with Gasteiger partial charge in [-0.2, -0.15) is 5.10 Å². The predicted molar refractivity (Wildman–Crippen MR) is 115 cm³/mol. The summed E-state index contributed by atoms with van der Waals surface area (Å²) in [6.07, 6.45) is 7.43. The van der Waals surface area contributed by atoms with Gasteiger partial charge in [-0.15, -0.1) is 0 Å². The van der Waals surface area contributed by atoms with E-state index in [1.54, 1.807) is 12.4 Å². The van der Waals surface area contributed by atoms with Crippen LogP contribution in [0.1, 0.15) is 37.2 Å². The number of aryl methyl sites for hydroxylation is 1. The van der Waals surface area contributed by atoms with Gasteiger partial charge in [-0.3, -0.25) is 9.97 Å². The van der Waals surface area contributed by atoms with Crippen molar-refractivity contribution < 1.29 is 5.11 Å². The summed E-state index contributed by atoms with van der Waals surface area (Å²) in [5.41, 5.74) is 11.0. The minimum atomic E-state index is -0.221. The van der Waals surface area contributed by atoms with E-state index in [0.717, 1.165) is 52.8 Å². The molecule has 7 nitrogen and oxygen atoms in total. The molecule has 1 saturated carbocycles. The number of pyridine rings is 1. The van der Waals surface area contributed by atoms with E-state index < -0.39 is 0 Å². The molecule has 1 aromatic carbocycles. The number of rotatable bonds is 5. The summed E-state index contributed by atoms with van der Waals surface area (Å²) >= 11 is 0. The van der Waals surface area contributed by atoms with Gasteiger partial charge in [0.05, 0.1) is 47.1 Å². The van der Waals surface area contributed by atoms with Gasteiger partial charge < -0.3 is 10.8 Å². The quantitative estimate of drug-likeness (QED) is 0.533. The Balaban J connectivity index is 1.52. The number of nitrogens with two attached hydrogens (primary N) is 1. The highest BCUT2D eigenvalue weighted by Crippen LogP contribution is 2.36. The maximum Gasteiger partial charge on any atom is 0.172 e. The normalized spacial score (nSPS) is 19.6. The van der Waals surface area contributed by atoms with Gasteiger partial charge in [-0.25, -0.2) is 9.67 Å². The van der Waals surface area contributed by atoms with Gasteiger partial charge in [-0.1, -0.05) is 25.1 Å². The van der Waals surface area contributed by atoms with Crippen molar-refractivity contribution in [1.29, 1.82) is 0 Å². The Kier molecular flexibility index (Phi) is 4.77. The van der Waals surface area contributed by atoms with Crippen molar-refractivity contribution in [2.45, 2.75) is 38.3 Å². The zero-order valence-corrected chi connectivity index (χ0v) is 16.8. The van der Waals surface area contributed by atoms with Crippen LogP contribution in [0.4, 0.5) is 0 Å². The lowest BCUT2D eigenvalue weighted by atomic mass is 9.76. The van der Waals surface area contributed by atoms with Crippen LogP contribution in [0.15, 0.2) is 55.0 Å². The number of fused-ring (bicyclic) bond motifs is 1. The Labute approximate surface area is 174 Å². The molecule has 0 aliphatic heterocycles. The Morgan fingerprint density at radius 1 is 1.13 bits per heavy atom. The van der Waals surface area contributed by atoms with E-state index in [1.807, 2.05) is 41.2 Å². The average molecular weight is 400 g/mol. The molecule has 152 valence electrons. The Hall–Kier alpha value is -3.16. The molecule has 30 heavy (non-hydrogen) atoms. The standard InChI is InChI=1S/C23H24N6O/c1-2-17-12-25-13-22(27-17)29-21-10-14(6-7-15(21)11-26-29)19-4-3-5-20(28-19)23(24)16-8-18(30)9-16/h3-7,10-13,16,18,23,30H,2,8-9,24H2,1H3/t16?,18?,23-/m0/s1. The molecular weight excluding hydrogens is 376 g/mol. The fourth-order valence-corrected chi connectivity index (χ4v) is 3.99. The Bertz CT molecular complexity index is 1200. The first-order valence-corrected chi connectivity index (χ1v) is 10.3. The molecule has 0 unspecified atom stereocenters. The second kappa shape index (κ2) is 7.59. The smallest absolute Gasteiger partial charge is 0.172 e. The fourth-order valence-electron chi connectivity index (χ4n) is 3.99. The number of aliphatic hydroxyl groups excluding tert-OH is 1. The highest BCUT2D eigenvalue weighted by Gasteiger charge is 2.33. The number of hydrogen-bond acceptors (Lipinski definition) is 6. The molecule has 1 fully saturated rings. The average Bonchev–Trinajstić information content (AvgIpc) is 3.20. The molecule has 3 aromatic heterocycles. The number of nitrogens with zero attached hydrogens (tertiary/aromatic N) is 5. The van der Waals surface area contributed by atoms with Gasteiger partial charge in [0.1, 0.15) is 0 Å². The largest absolute Gasteiger partial charge is 0.393 e. The number of benzene rings is 1. The highest BCUT2D eigenvalue weighted by atomic mass is 16.3. The molecule has 0 amide bonds. The van der Waals surface area contributed by atoms with Gasteiger partial charge in [0, 0.05) is 17.1 Å². The van der Waals surface area contributed by atoms with Crippen LogP contribution in [-0.2, 0) is 6.42 Å². The van der Waals surface area contributed by atoms with Crippen molar-refractivity contribution >= 4 is 10.9 Å². The highest BCUT2D eigenvalue weighted by molar-refractivity contribution is 5.84. The van der Waals surface area contributed by atoms with Crippen LogP contribution in [0.25, 0.3) is 28.0 Å². The SMILES string of the molecule is CCc1cncc(-n2ncc3ccc(-c4cccc([C@@H](N)C5CC(O)C5)n4)cc32)n1. The molecule has 0 saturated heterocycles. The zero-order chi connectivity index (χ0) is 20.7. The zero-order valence-electron chi connectivity index (χ0n) is 16.8. The molecule has 0 spiro atoms. The number of hydrogen-bond donors (Lipinski definition) is 2. The van der Waals surface area contributed by atoms with Gasteiger partial charge in [0.2, 0.25) is 0 Å². The van der Waals surface area contributed by atoms with Gasteiger partial charge in [0.15, 0.2) is 5.82 Å². The van der Waals surface area contributed by atoms with Crippen LogP contribution in [0.2, 0.25) is 0 Å². The fraction of sp³-hybridized carbons (Fsp3) is 0.304. The molecule has 1 aliphatic rings. The van der Waals surface area contributed by atoms with Crippen LogP contribution in [0, 0.1) is 5.92 Å². The molecule has 1 aliphatic carbocycles. The van der Waals surface area contributed by atoms with Crippen LogP contribution in [0.5, 0.6) is 0 Å². The van der Waals surface area contributed by atoms with E-state index >= 15 is 0 Å². The van der Waals surface area contributed by atoms with E-state index in [9.17, 15) is 5.11 Å². The van der Waals surface area contributed by atoms with Gasteiger partial charge >= 0.3 is 0 Å². The van der Waals surface area contributed by atoms with Crippen LogP contribution >= 0.6 is 0 Å². The molecule has 0 radical (unpaired) electrons. The maximum atomic E-state index is 9.59. The molecule has 3 N–H and O–H groups in total. The Morgan fingerprint density at radius 2 is 2.00 bits per heavy atom. The molecule has 4 aromatic rings. The summed E-state index contributed by atoms with van der Waals surface area (Å²) < 4.78 is 1.82. The van der Waals surface area contributed by atoms with Crippen molar-refractivity contribution in [3.05, 3.63) is 66.4 Å². The number of aromatic nitrogens is 5. The summed E-state index contributed by atoms with van der Waals surface area (Å²) in [5, 5.41) is 15.1. The minimum Gasteiger partial charge on any atom is -0.393 e. The lowest BCUT2D eigenvalue weighted by molar-refractivity contribution is 0.0302. The van der Waals surface area contributed by atoms with E-state index in [2.05, 4.69) is 28.1 Å². The predicted octanol–water partition coefficient (Wildman–Crippen LogP) is 3.21. The van der Waals surface area contributed by atoms with Crippen molar-refractivity contribution in [2.75, 3.05) is 0 Å². The molecule has 0 bridgehead atoms. The lowest BCUT2D eigenvalue weighted by Gasteiger charge is -2.35. The van der Waals surface area contributed by atoms with Crippen molar-refractivity contribution in [2.24, 2.45) is 11.7 Å². The van der Waals surface area contributed by atoms with Gasteiger partial charge in [-0.05, 0) is 43.4 Å². The molecular formula is C23H24N6O. The number of aliphatic hydroxyl groups is 1. The first kappa shape index (κ1) is 18.8. The van der Waals surface area contributed by atoms with Crippen LogP contribution < -0.4 is 5.73 Å². The van der Waals surface area contributed by atoms with Crippen LogP contribution in [0.3, 0.4) is 0 Å². The molecule has 1 atom stereocenters. The second-order valence-corrected chi connectivity index (χ2v) is 7.91. The first-order chi connectivity index (χ1) is 14.6. The Morgan fingerprint density at radius 3 is 2.80 bits per heavy atom.